The predicted octanol–water partition coefficient (Wildman–Crippen LogP) is 3.18. The standard InChI is InChI=1S/C18H18Cl2N2O2/c19-15(13-7-3-1-4-8-13)17(23)21-11-12-22-18(24)16(20)14-9-5-2-6-10-14/h1-10,15-16H,11-12H2,(H,21,23)(H,22,24). The second-order valence-electron chi connectivity index (χ2n) is 5.13. The van der Waals surface area contributed by atoms with Gasteiger partial charge < -0.3 is 10.6 Å². The molecule has 0 aliphatic heterocycles. The van der Waals surface area contributed by atoms with Gasteiger partial charge in [-0.3, -0.25) is 9.59 Å². The van der Waals surface area contributed by atoms with Gasteiger partial charge >= 0.3 is 0 Å². The van der Waals surface area contributed by atoms with Gasteiger partial charge in [0.2, 0.25) is 11.8 Å². The molecule has 2 rings (SSSR count). The van der Waals surface area contributed by atoms with Crippen molar-refractivity contribution >= 4 is 35.0 Å². The average molecular weight is 365 g/mol. The smallest absolute Gasteiger partial charge is 0.242 e. The highest BCUT2D eigenvalue weighted by Gasteiger charge is 2.18. The minimum absolute atomic E-state index is 0.277. The summed E-state index contributed by atoms with van der Waals surface area (Å²) in [5.74, 6) is -0.606. The van der Waals surface area contributed by atoms with E-state index in [4.69, 9.17) is 23.2 Å². The third-order valence-electron chi connectivity index (χ3n) is 3.37. The van der Waals surface area contributed by atoms with Gasteiger partial charge in [-0.25, -0.2) is 0 Å². The quantitative estimate of drug-likeness (QED) is 0.585. The van der Waals surface area contributed by atoms with Crippen LogP contribution in [0.5, 0.6) is 0 Å². The molecule has 0 bridgehead atoms. The van der Waals surface area contributed by atoms with Gasteiger partial charge in [-0.2, -0.15) is 0 Å². The molecular weight excluding hydrogens is 347 g/mol. The van der Waals surface area contributed by atoms with Gasteiger partial charge in [-0.15, -0.1) is 23.2 Å². The Kier molecular flexibility index (Phi) is 7.09. The number of rotatable bonds is 7. The minimum Gasteiger partial charge on any atom is -0.353 e. The molecule has 2 unspecified atom stereocenters. The highest BCUT2D eigenvalue weighted by atomic mass is 35.5. The van der Waals surface area contributed by atoms with E-state index in [1.54, 1.807) is 24.3 Å². The first kappa shape index (κ1) is 18.3. The Morgan fingerprint density at radius 2 is 1.04 bits per heavy atom. The van der Waals surface area contributed by atoms with Crippen LogP contribution in [0.25, 0.3) is 0 Å². The number of hydrogen-bond donors (Lipinski definition) is 2. The van der Waals surface area contributed by atoms with E-state index >= 15 is 0 Å². The maximum absolute atomic E-state index is 12.0. The number of nitrogens with one attached hydrogen (secondary N) is 2. The van der Waals surface area contributed by atoms with Crippen molar-refractivity contribution in [2.75, 3.05) is 13.1 Å². The number of benzene rings is 2. The second kappa shape index (κ2) is 9.30. The Morgan fingerprint density at radius 1 is 0.708 bits per heavy atom. The van der Waals surface area contributed by atoms with Crippen LogP contribution < -0.4 is 10.6 Å². The molecular formula is C18H18Cl2N2O2. The summed E-state index contributed by atoms with van der Waals surface area (Å²) in [5, 5.41) is 3.86. The van der Waals surface area contributed by atoms with E-state index in [2.05, 4.69) is 10.6 Å². The fourth-order valence-corrected chi connectivity index (χ4v) is 2.54. The zero-order chi connectivity index (χ0) is 17.4. The van der Waals surface area contributed by atoms with E-state index in [-0.39, 0.29) is 24.9 Å². The first-order valence-electron chi connectivity index (χ1n) is 7.53. The van der Waals surface area contributed by atoms with Gasteiger partial charge in [0.1, 0.15) is 10.8 Å². The monoisotopic (exact) mass is 364 g/mol. The molecule has 126 valence electrons. The van der Waals surface area contributed by atoms with Crippen molar-refractivity contribution < 1.29 is 9.59 Å². The molecule has 0 spiro atoms. The molecule has 2 atom stereocenters. The molecule has 0 radical (unpaired) electrons. The average Bonchev–Trinajstić information content (AvgIpc) is 2.65. The summed E-state index contributed by atoms with van der Waals surface area (Å²) < 4.78 is 0. The van der Waals surface area contributed by atoms with Crippen LogP contribution >= 0.6 is 23.2 Å². The summed E-state index contributed by atoms with van der Waals surface area (Å²) in [6.45, 7) is 0.554. The van der Waals surface area contributed by atoms with Crippen LogP contribution in [0.4, 0.5) is 0 Å². The summed E-state index contributed by atoms with van der Waals surface area (Å²) in [6, 6.07) is 18.2. The number of carbonyl (C=O) groups is 2. The Morgan fingerprint density at radius 3 is 1.38 bits per heavy atom. The lowest BCUT2D eigenvalue weighted by Gasteiger charge is -2.13. The van der Waals surface area contributed by atoms with Crippen LogP contribution in [0.15, 0.2) is 60.7 Å². The van der Waals surface area contributed by atoms with Crippen molar-refractivity contribution in [2.24, 2.45) is 0 Å². The molecule has 0 saturated heterocycles. The minimum atomic E-state index is -0.757. The van der Waals surface area contributed by atoms with Crippen molar-refractivity contribution in [2.45, 2.75) is 10.8 Å². The van der Waals surface area contributed by atoms with Crippen LogP contribution in [0.3, 0.4) is 0 Å². The van der Waals surface area contributed by atoms with Gasteiger partial charge in [0.15, 0.2) is 0 Å². The molecule has 0 heterocycles. The summed E-state index contributed by atoms with van der Waals surface area (Å²) in [7, 11) is 0. The summed E-state index contributed by atoms with van der Waals surface area (Å²) in [5.41, 5.74) is 1.45. The Bertz CT molecular complexity index is 606. The topological polar surface area (TPSA) is 58.2 Å². The SMILES string of the molecule is O=C(NCCNC(=O)C(Cl)c1ccccc1)C(Cl)c1ccccc1. The second-order valence-corrected chi connectivity index (χ2v) is 6.00. The predicted molar refractivity (Wildman–Crippen MR) is 96.1 cm³/mol. The highest BCUT2D eigenvalue weighted by Crippen LogP contribution is 2.20. The normalized spacial score (nSPS) is 12.9. The molecule has 4 nitrogen and oxygen atoms in total. The molecule has 0 fully saturated rings. The molecule has 2 aromatic rings. The largest absolute Gasteiger partial charge is 0.353 e. The lowest BCUT2D eigenvalue weighted by atomic mass is 10.1. The van der Waals surface area contributed by atoms with E-state index in [0.717, 1.165) is 11.1 Å². The van der Waals surface area contributed by atoms with E-state index < -0.39 is 10.8 Å². The molecule has 0 aromatic heterocycles. The lowest BCUT2D eigenvalue weighted by molar-refractivity contribution is -0.122. The van der Waals surface area contributed by atoms with Crippen LogP contribution in [0, 0.1) is 0 Å². The fourth-order valence-electron chi connectivity index (χ4n) is 2.10. The molecule has 0 aliphatic carbocycles. The fraction of sp³-hybridized carbons (Fsp3) is 0.222. The third kappa shape index (κ3) is 5.25. The van der Waals surface area contributed by atoms with Crippen LogP contribution in [0.1, 0.15) is 21.9 Å². The lowest BCUT2D eigenvalue weighted by Crippen LogP contribution is -2.37. The molecule has 2 amide bonds. The van der Waals surface area contributed by atoms with Crippen LogP contribution in [-0.2, 0) is 9.59 Å². The number of amides is 2. The van der Waals surface area contributed by atoms with Gasteiger partial charge in [-0.05, 0) is 11.1 Å². The molecule has 6 heteroatoms. The zero-order valence-electron chi connectivity index (χ0n) is 12.9. The van der Waals surface area contributed by atoms with Gasteiger partial charge in [0.05, 0.1) is 0 Å². The highest BCUT2D eigenvalue weighted by molar-refractivity contribution is 6.31. The molecule has 24 heavy (non-hydrogen) atoms. The molecule has 0 saturated carbocycles. The van der Waals surface area contributed by atoms with E-state index in [1.165, 1.54) is 0 Å². The zero-order valence-corrected chi connectivity index (χ0v) is 14.4. The molecule has 2 aromatic carbocycles. The van der Waals surface area contributed by atoms with Crippen molar-refractivity contribution in [1.82, 2.24) is 10.6 Å². The van der Waals surface area contributed by atoms with E-state index in [1.807, 2.05) is 36.4 Å². The first-order valence-corrected chi connectivity index (χ1v) is 8.40. The van der Waals surface area contributed by atoms with Crippen LogP contribution in [0.2, 0.25) is 0 Å². The number of alkyl halides is 2. The maximum atomic E-state index is 12.0. The van der Waals surface area contributed by atoms with Crippen molar-refractivity contribution in [1.29, 1.82) is 0 Å². The van der Waals surface area contributed by atoms with Crippen molar-refractivity contribution in [3.05, 3.63) is 71.8 Å². The van der Waals surface area contributed by atoms with Crippen molar-refractivity contribution in [3.63, 3.8) is 0 Å². The summed E-state index contributed by atoms with van der Waals surface area (Å²) in [4.78, 5) is 23.9. The van der Waals surface area contributed by atoms with Gasteiger partial charge in [0, 0.05) is 13.1 Å². The van der Waals surface area contributed by atoms with E-state index in [9.17, 15) is 9.59 Å². The molecule has 0 aliphatic rings. The maximum Gasteiger partial charge on any atom is 0.242 e. The Hall–Kier alpha value is -2.04. The number of carbonyl (C=O) groups excluding carboxylic acids is 2. The Labute approximate surface area is 151 Å². The van der Waals surface area contributed by atoms with E-state index in [0.29, 0.717) is 0 Å². The third-order valence-corrected chi connectivity index (χ3v) is 4.27. The first-order chi connectivity index (χ1) is 11.6. The summed E-state index contributed by atoms with van der Waals surface area (Å²) in [6.07, 6.45) is 0. The number of hydrogen-bond acceptors (Lipinski definition) is 2. The number of halogens is 2. The molecule has 2 N–H and O–H groups in total. The van der Waals surface area contributed by atoms with Gasteiger partial charge in [0.25, 0.3) is 0 Å². The Balaban J connectivity index is 1.72. The summed E-state index contributed by atoms with van der Waals surface area (Å²) >= 11 is 12.2. The van der Waals surface area contributed by atoms with Gasteiger partial charge in [-0.1, -0.05) is 60.7 Å². The van der Waals surface area contributed by atoms with Crippen molar-refractivity contribution in [3.8, 4) is 0 Å². The van der Waals surface area contributed by atoms with Crippen LogP contribution in [-0.4, -0.2) is 24.9 Å².